The molecule has 0 radical (unpaired) electrons. The van der Waals surface area contributed by atoms with Crippen molar-refractivity contribution in [3.05, 3.63) is 28.8 Å². The summed E-state index contributed by atoms with van der Waals surface area (Å²) in [6.07, 6.45) is 2.12. The summed E-state index contributed by atoms with van der Waals surface area (Å²) in [5.41, 5.74) is 2.51. The SMILES string of the molecule is Cc1cc(C)c(S(=O)(=O)N2CCCC2C(=O)NCCCN(C)C)c(C)c1. The lowest BCUT2D eigenvalue weighted by Crippen LogP contribution is -2.46. The molecule has 1 fully saturated rings. The summed E-state index contributed by atoms with van der Waals surface area (Å²) < 4.78 is 27.9. The Morgan fingerprint density at radius 3 is 2.42 bits per heavy atom. The van der Waals surface area contributed by atoms with Crippen LogP contribution in [0.5, 0.6) is 0 Å². The molecule has 0 saturated carbocycles. The highest BCUT2D eigenvalue weighted by Crippen LogP contribution is 2.30. The van der Waals surface area contributed by atoms with E-state index in [0.717, 1.165) is 29.7 Å². The molecule has 1 aliphatic heterocycles. The van der Waals surface area contributed by atoms with E-state index in [1.807, 2.05) is 47.0 Å². The van der Waals surface area contributed by atoms with Gasteiger partial charge >= 0.3 is 0 Å². The van der Waals surface area contributed by atoms with E-state index in [2.05, 4.69) is 10.2 Å². The predicted molar refractivity (Wildman–Crippen MR) is 104 cm³/mol. The number of hydrogen-bond acceptors (Lipinski definition) is 4. The van der Waals surface area contributed by atoms with Crippen LogP contribution in [0.1, 0.15) is 36.0 Å². The summed E-state index contributed by atoms with van der Waals surface area (Å²) in [5, 5.41) is 2.90. The van der Waals surface area contributed by atoms with Gasteiger partial charge in [0.2, 0.25) is 15.9 Å². The normalized spacial score (nSPS) is 18.5. The van der Waals surface area contributed by atoms with Crippen molar-refractivity contribution in [1.82, 2.24) is 14.5 Å². The Labute approximate surface area is 157 Å². The summed E-state index contributed by atoms with van der Waals surface area (Å²) in [6, 6.07) is 3.15. The number of hydrogen-bond donors (Lipinski definition) is 1. The third-order valence-corrected chi connectivity index (χ3v) is 6.97. The summed E-state index contributed by atoms with van der Waals surface area (Å²) in [4.78, 5) is 15.0. The first-order valence-corrected chi connectivity index (χ1v) is 10.6. The first-order valence-electron chi connectivity index (χ1n) is 9.16. The maximum Gasteiger partial charge on any atom is 0.244 e. The minimum absolute atomic E-state index is 0.188. The minimum atomic E-state index is -3.69. The fourth-order valence-electron chi connectivity index (χ4n) is 3.71. The van der Waals surface area contributed by atoms with Gasteiger partial charge in [-0.25, -0.2) is 8.42 Å². The summed E-state index contributed by atoms with van der Waals surface area (Å²) in [5.74, 6) is -0.188. The van der Waals surface area contributed by atoms with Crippen molar-refractivity contribution < 1.29 is 13.2 Å². The molecule has 1 aromatic rings. The molecule has 1 N–H and O–H groups in total. The van der Waals surface area contributed by atoms with Gasteiger partial charge in [-0.05, 0) is 71.8 Å². The number of amides is 1. The van der Waals surface area contributed by atoms with Crippen LogP contribution in [0.2, 0.25) is 0 Å². The van der Waals surface area contributed by atoms with Crippen molar-refractivity contribution in [1.29, 1.82) is 0 Å². The molecule has 2 rings (SSSR count). The maximum absolute atomic E-state index is 13.3. The Hall–Kier alpha value is -1.44. The number of carbonyl (C=O) groups is 1. The van der Waals surface area contributed by atoms with E-state index in [-0.39, 0.29) is 5.91 Å². The second-order valence-corrected chi connectivity index (χ2v) is 9.28. The van der Waals surface area contributed by atoms with Crippen molar-refractivity contribution in [2.75, 3.05) is 33.7 Å². The van der Waals surface area contributed by atoms with Crippen LogP contribution in [0.15, 0.2) is 17.0 Å². The Balaban J connectivity index is 2.17. The highest BCUT2D eigenvalue weighted by Gasteiger charge is 2.40. The lowest BCUT2D eigenvalue weighted by molar-refractivity contribution is -0.124. The van der Waals surface area contributed by atoms with Gasteiger partial charge in [0.15, 0.2) is 0 Å². The number of carbonyl (C=O) groups excluding carboxylic acids is 1. The Bertz CT molecular complexity index is 736. The van der Waals surface area contributed by atoms with Gasteiger partial charge in [0.1, 0.15) is 6.04 Å². The summed E-state index contributed by atoms with van der Waals surface area (Å²) in [7, 11) is 0.280. The molecule has 1 atom stereocenters. The van der Waals surface area contributed by atoms with Gasteiger partial charge in [-0.2, -0.15) is 4.31 Å². The zero-order valence-corrected chi connectivity index (χ0v) is 17.3. The zero-order valence-electron chi connectivity index (χ0n) is 16.5. The molecule has 7 heteroatoms. The second-order valence-electron chi connectivity index (χ2n) is 7.45. The van der Waals surface area contributed by atoms with Gasteiger partial charge in [0.25, 0.3) is 0 Å². The van der Waals surface area contributed by atoms with Crippen LogP contribution < -0.4 is 5.32 Å². The number of sulfonamides is 1. The quantitative estimate of drug-likeness (QED) is 0.732. The molecular weight excluding hydrogens is 350 g/mol. The summed E-state index contributed by atoms with van der Waals surface area (Å²) in [6.45, 7) is 7.43. The van der Waals surface area contributed by atoms with Gasteiger partial charge in [0.05, 0.1) is 4.90 Å². The molecular formula is C19H31N3O3S. The molecule has 1 heterocycles. The monoisotopic (exact) mass is 381 g/mol. The maximum atomic E-state index is 13.3. The molecule has 0 aliphatic carbocycles. The van der Waals surface area contributed by atoms with Crippen LogP contribution in [0, 0.1) is 20.8 Å². The standard InChI is InChI=1S/C19H31N3O3S/c1-14-12-15(2)18(16(3)13-14)26(24,25)22-11-6-8-17(22)19(23)20-9-7-10-21(4)5/h12-13,17H,6-11H2,1-5H3,(H,20,23). The number of nitrogens with zero attached hydrogens (tertiary/aromatic N) is 2. The fraction of sp³-hybridized carbons (Fsp3) is 0.632. The molecule has 6 nitrogen and oxygen atoms in total. The van der Waals surface area contributed by atoms with Crippen molar-refractivity contribution in [3.63, 3.8) is 0 Å². The van der Waals surface area contributed by atoms with Gasteiger partial charge < -0.3 is 10.2 Å². The molecule has 1 saturated heterocycles. The van der Waals surface area contributed by atoms with Crippen LogP contribution in [-0.2, 0) is 14.8 Å². The van der Waals surface area contributed by atoms with Crippen molar-refractivity contribution in [2.45, 2.75) is 51.0 Å². The van der Waals surface area contributed by atoms with Gasteiger partial charge in [-0.3, -0.25) is 4.79 Å². The van der Waals surface area contributed by atoms with E-state index in [4.69, 9.17) is 0 Å². The molecule has 1 aromatic carbocycles. The van der Waals surface area contributed by atoms with Crippen molar-refractivity contribution in [2.24, 2.45) is 0 Å². The van der Waals surface area contributed by atoms with E-state index in [0.29, 0.717) is 30.8 Å². The van der Waals surface area contributed by atoms with Crippen LogP contribution in [0.25, 0.3) is 0 Å². The topological polar surface area (TPSA) is 69.7 Å². The fourth-order valence-corrected chi connectivity index (χ4v) is 5.78. The lowest BCUT2D eigenvalue weighted by Gasteiger charge is -2.25. The molecule has 1 aliphatic rings. The highest BCUT2D eigenvalue weighted by atomic mass is 32.2. The lowest BCUT2D eigenvalue weighted by atomic mass is 10.1. The molecule has 0 aromatic heterocycles. The molecule has 0 spiro atoms. The van der Waals surface area contributed by atoms with Gasteiger partial charge in [-0.15, -0.1) is 0 Å². The Morgan fingerprint density at radius 1 is 1.23 bits per heavy atom. The van der Waals surface area contributed by atoms with Crippen LogP contribution in [-0.4, -0.2) is 63.3 Å². The Morgan fingerprint density at radius 2 is 1.85 bits per heavy atom. The van der Waals surface area contributed by atoms with Gasteiger partial charge in [0, 0.05) is 13.1 Å². The average molecular weight is 382 g/mol. The smallest absolute Gasteiger partial charge is 0.244 e. The Kier molecular flexibility index (Phi) is 6.82. The average Bonchev–Trinajstić information content (AvgIpc) is 3.00. The minimum Gasteiger partial charge on any atom is -0.355 e. The predicted octanol–water partition coefficient (Wildman–Crippen LogP) is 1.83. The van der Waals surface area contributed by atoms with E-state index in [1.54, 1.807) is 0 Å². The first kappa shape index (κ1) is 20.9. The zero-order chi connectivity index (χ0) is 19.5. The molecule has 0 bridgehead atoms. The molecule has 1 amide bonds. The second kappa shape index (κ2) is 8.50. The van der Waals surface area contributed by atoms with Crippen molar-refractivity contribution in [3.8, 4) is 0 Å². The van der Waals surface area contributed by atoms with Gasteiger partial charge in [-0.1, -0.05) is 17.7 Å². The highest BCUT2D eigenvalue weighted by molar-refractivity contribution is 7.89. The first-order chi connectivity index (χ1) is 12.1. The largest absolute Gasteiger partial charge is 0.355 e. The number of benzene rings is 1. The summed E-state index contributed by atoms with van der Waals surface area (Å²) >= 11 is 0. The third kappa shape index (κ3) is 4.64. The molecule has 1 unspecified atom stereocenters. The van der Waals surface area contributed by atoms with Crippen molar-refractivity contribution >= 4 is 15.9 Å². The van der Waals surface area contributed by atoms with Crippen LogP contribution >= 0.6 is 0 Å². The van der Waals surface area contributed by atoms with E-state index < -0.39 is 16.1 Å². The van der Waals surface area contributed by atoms with E-state index >= 15 is 0 Å². The third-order valence-electron chi connectivity index (χ3n) is 4.76. The van der Waals surface area contributed by atoms with E-state index in [1.165, 1.54) is 4.31 Å². The molecule has 146 valence electrons. The van der Waals surface area contributed by atoms with Crippen LogP contribution in [0.3, 0.4) is 0 Å². The molecule has 26 heavy (non-hydrogen) atoms. The van der Waals surface area contributed by atoms with E-state index in [9.17, 15) is 13.2 Å². The number of aryl methyl sites for hydroxylation is 3. The number of rotatable bonds is 7. The van der Waals surface area contributed by atoms with Crippen LogP contribution in [0.4, 0.5) is 0 Å². The number of nitrogens with one attached hydrogen (secondary N) is 1.